The van der Waals surface area contributed by atoms with Crippen LogP contribution in [0.5, 0.6) is 5.75 Å². The van der Waals surface area contributed by atoms with Gasteiger partial charge in [-0.05, 0) is 36.4 Å². The summed E-state index contributed by atoms with van der Waals surface area (Å²) in [6.07, 6.45) is 1.06. The standard InChI is InChI=1S/C15H15NO4S/c1-11-10-12(16(18)19)6-7-14(11)20-8-2-4-13(17)15-5-3-9-21-15/h3,5-7,9-10H,2,4,8H2,1H3. The molecule has 0 atom stereocenters. The van der Waals surface area contributed by atoms with Crippen molar-refractivity contribution in [3.8, 4) is 5.75 Å². The maximum absolute atomic E-state index is 11.8. The molecule has 0 amide bonds. The van der Waals surface area contributed by atoms with Crippen molar-refractivity contribution in [1.29, 1.82) is 0 Å². The lowest BCUT2D eigenvalue weighted by Gasteiger charge is -2.08. The van der Waals surface area contributed by atoms with Gasteiger partial charge in [-0.15, -0.1) is 11.3 Å². The van der Waals surface area contributed by atoms with E-state index in [2.05, 4.69) is 0 Å². The molecule has 5 nitrogen and oxygen atoms in total. The van der Waals surface area contributed by atoms with Gasteiger partial charge < -0.3 is 4.74 Å². The van der Waals surface area contributed by atoms with Gasteiger partial charge in [0.25, 0.3) is 5.69 Å². The van der Waals surface area contributed by atoms with Gasteiger partial charge in [0.05, 0.1) is 16.4 Å². The van der Waals surface area contributed by atoms with Crippen LogP contribution in [0.1, 0.15) is 28.1 Å². The molecule has 2 aromatic rings. The maximum Gasteiger partial charge on any atom is 0.269 e. The molecule has 0 aliphatic carbocycles. The zero-order valence-corrected chi connectivity index (χ0v) is 12.4. The van der Waals surface area contributed by atoms with E-state index in [1.165, 1.54) is 23.5 Å². The summed E-state index contributed by atoms with van der Waals surface area (Å²) in [7, 11) is 0. The molecule has 0 unspecified atom stereocenters. The van der Waals surface area contributed by atoms with Crippen LogP contribution in [0.25, 0.3) is 0 Å². The van der Waals surface area contributed by atoms with Gasteiger partial charge in [-0.3, -0.25) is 14.9 Å². The Hall–Kier alpha value is -2.21. The summed E-state index contributed by atoms with van der Waals surface area (Å²) in [6.45, 7) is 2.18. The van der Waals surface area contributed by atoms with Gasteiger partial charge >= 0.3 is 0 Å². The molecular weight excluding hydrogens is 290 g/mol. The van der Waals surface area contributed by atoms with Crippen LogP contribution in [-0.2, 0) is 0 Å². The molecule has 1 heterocycles. The highest BCUT2D eigenvalue weighted by Crippen LogP contribution is 2.23. The third-order valence-electron chi connectivity index (χ3n) is 2.97. The largest absolute Gasteiger partial charge is 0.493 e. The fourth-order valence-corrected chi connectivity index (χ4v) is 2.58. The number of Topliss-reactive ketones (excluding diaryl/α,β-unsaturated/α-hetero) is 1. The average Bonchev–Trinajstić information content (AvgIpc) is 2.98. The summed E-state index contributed by atoms with van der Waals surface area (Å²) >= 11 is 1.44. The van der Waals surface area contributed by atoms with Gasteiger partial charge in [-0.25, -0.2) is 0 Å². The van der Waals surface area contributed by atoms with Crippen molar-refractivity contribution in [1.82, 2.24) is 0 Å². The van der Waals surface area contributed by atoms with E-state index in [1.807, 2.05) is 17.5 Å². The molecule has 0 saturated carbocycles. The Morgan fingerprint density at radius 2 is 2.19 bits per heavy atom. The second kappa shape index (κ2) is 6.99. The number of nitrogens with zero attached hydrogens (tertiary/aromatic N) is 1. The normalized spacial score (nSPS) is 10.3. The molecule has 21 heavy (non-hydrogen) atoms. The molecule has 1 aromatic carbocycles. The predicted molar refractivity (Wildman–Crippen MR) is 81.2 cm³/mol. The summed E-state index contributed by atoms with van der Waals surface area (Å²) in [5.41, 5.74) is 0.765. The number of carbonyl (C=O) groups excluding carboxylic acids is 1. The zero-order chi connectivity index (χ0) is 15.2. The first-order valence-corrected chi connectivity index (χ1v) is 7.40. The lowest BCUT2D eigenvalue weighted by Crippen LogP contribution is -2.03. The molecular formula is C15H15NO4S. The lowest BCUT2D eigenvalue weighted by molar-refractivity contribution is -0.384. The van der Waals surface area contributed by atoms with E-state index in [4.69, 9.17) is 4.74 Å². The first kappa shape index (κ1) is 15.2. The van der Waals surface area contributed by atoms with Crippen LogP contribution in [-0.4, -0.2) is 17.3 Å². The monoisotopic (exact) mass is 305 g/mol. The van der Waals surface area contributed by atoms with Crippen molar-refractivity contribution in [2.24, 2.45) is 0 Å². The molecule has 6 heteroatoms. The summed E-state index contributed by atoms with van der Waals surface area (Å²) in [5.74, 6) is 0.734. The highest BCUT2D eigenvalue weighted by Gasteiger charge is 2.09. The van der Waals surface area contributed by atoms with Crippen LogP contribution >= 0.6 is 11.3 Å². The van der Waals surface area contributed by atoms with Crippen molar-refractivity contribution < 1.29 is 14.5 Å². The maximum atomic E-state index is 11.8. The van der Waals surface area contributed by atoms with Crippen LogP contribution < -0.4 is 4.74 Å². The number of nitro benzene ring substituents is 1. The van der Waals surface area contributed by atoms with Crippen LogP contribution in [0.2, 0.25) is 0 Å². The lowest BCUT2D eigenvalue weighted by atomic mass is 10.2. The topological polar surface area (TPSA) is 69.4 Å². The molecule has 0 spiro atoms. The zero-order valence-electron chi connectivity index (χ0n) is 11.6. The molecule has 110 valence electrons. The summed E-state index contributed by atoms with van der Waals surface area (Å²) in [4.78, 5) is 22.8. The first-order valence-electron chi connectivity index (χ1n) is 6.52. The number of hydrogen-bond acceptors (Lipinski definition) is 5. The Kier molecular flexibility index (Phi) is 5.05. The van der Waals surface area contributed by atoms with Crippen LogP contribution in [0.3, 0.4) is 0 Å². The van der Waals surface area contributed by atoms with Gasteiger partial charge in [0.1, 0.15) is 5.75 Å². The summed E-state index contributed by atoms with van der Waals surface area (Å²) in [5, 5.41) is 12.5. The fraction of sp³-hybridized carbons (Fsp3) is 0.267. The predicted octanol–water partition coefficient (Wildman–Crippen LogP) is 4.01. The van der Waals surface area contributed by atoms with Gasteiger partial charge in [0.15, 0.2) is 5.78 Å². The molecule has 0 radical (unpaired) electrons. The SMILES string of the molecule is Cc1cc([N+](=O)[O-])ccc1OCCCC(=O)c1cccs1. The van der Waals surface area contributed by atoms with Crippen molar-refractivity contribution >= 4 is 22.8 Å². The smallest absolute Gasteiger partial charge is 0.269 e. The second-order valence-corrected chi connectivity index (χ2v) is 5.51. The highest BCUT2D eigenvalue weighted by molar-refractivity contribution is 7.12. The minimum Gasteiger partial charge on any atom is -0.493 e. The summed E-state index contributed by atoms with van der Waals surface area (Å²) < 4.78 is 5.57. The molecule has 0 fully saturated rings. The molecule has 0 aliphatic heterocycles. The summed E-state index contributed by atoms with van der Waals surface area (Å²) in [6, 6.07) is 8.16. The quantitative estimate of drug-likeness (QED) is 0.335. The number of benzene rings is 1. The third kappa shape index (κ3) is 4.13. The van der Waals surface area contributed by atoms with Gasteiger partial charge in [0, 0.05) is 18.6 Å². The van der Waals surface area contributed by atoms with Crippen molar-refractivity contribution in [2.45, 2.75) is 19.8 Å². The van der Waals surface area contributed by atoms with Gasteiger partial charge in [0.2, 0.25) is 0 Å². The number of thiophene rings is 1. The number of nitro groups is 1. The Morgan fingerprint density at radius 3 is 2.81 bits per heavy atom. The minimum absolute atomic E-state index is 0.0488. The van der Waals surface area contributed by atoms with Crippen LogP contribution in [0, 0.1) is 17.0 Å². The van der Waals surface area contributed by atoms with Crippen molar-refractivity contribution in [2.75, 3.05) is 6.61 Å². The van der Waals surface area contributed by atoms with E-state index in [0.29, 0.717) is 30.8 Å². The number of rotatable bonds is 7. The molecule has 0 saturated heterocycles. The third-order valence-corrected chi connectivity index (χ3v) is 3.88. The Balaban J connectivity index is 1.81. The van der Waals surface area contributed by atoms with Gasteiger partial charge in [-0.1, -0.05) is 6.07 Å². The number of non-ortho nitro benzene ring substituents is 1. The minimum atomic E-state index is -0.434. The number of carbonyl (C=O) groups is 1. The fourth-order valence-electron chi connectivity index (χ4n) is 1.88. The number of ketones is 1. The van der Waals surface area contributed by atoms with Crippen LogP contribution in [0.15, 0.2) is 35.7 Å². The first-order chi connectivity index (χ1) is 10.1. The van der Waals surface area contributed by atoms with Crippen molar-refractivity contribution in [3.63, 3.8) is 0 Å². The van der Waals surface area contributed by atoms with E-state index in [0.717, 1.165) is 4.88 Å². The Morgan fingerprint density at radius 1 is 1.38 bits per heavy atom. The molecule has 0 bridgehead atoms. The van der Waals surface area contributed by atoms with E-state index in [1.54, 1.807) is 13.0 Å². The number of ether oxygens (including phenoxy) is 1. The van der Waals surface area contributed by atoms with E-state index in [-0.39, 0.29) is 11.5 Å². The van der Waals surface area contributed by atoms with Gasteiger partial charge in [-0.2, -0.15) is 0 Å². The number of aryl methyl sites for hydroxylation is 1. The van der Waals surface area contributed by atoms with Crippen LogP contribution in [0.4, 0.5) is 5.69 Å². The van der Waals surface area contributed by atoms with E-state index >= 15 is 0 Å². The Bertz CT molecular complexity index is 637. The highest BCUT2D eigenvalue weighted by atomic mass is 32.1. The molecule has 0 N–H and O–H groups in total. The van der Waals surface area contributed by atoms with E-state index < -0.39 is 4.92 Å². The second-order valence-electron chi connectivity index (χ2n) is 4.56. The van der Waals surface area contributed by atoms with Crippen molar-refractivity contribution in [3.05, 3.63) is 56.3 Å². The van der Waals surface area contributed by atoms with E-state index in [9.17, 15) is 14.9 Å². The Labute approximate surface area is 126 Å². The number of hydrogen-bond donors (Lipinski definition) is 0. The molecule has 1 aromatic heterocycles. The molecule has 0 aliphatic rings. The average molecular weight is 305 g/mol. The molecule has 2 rings (SSSR count).